The Morgan fingerprint density at radius 2 is 1.68 bits per heavy atom. The SMILES string of the molecule is Cc1c(/C=C\CSOC(C)(C)C(C)(C)CO)c2nccnc2c2ccccc12. The van der Waals surface area contributed by atoms with Gasteiger partial charge in [-0.05, 0) is 43.8 Å². The van der Waals surface area contributed by atoms with E-state index in [9.17, 15) is 5.11 Å². The number of aromatic nitrogens is 2. The van der Waals surface area contributed by atoms with Crippen LogP contribution in [0.3, 0.4) is 0 Å². The number of rotatable bonds is 7. The van der Waals surface area contributed by atoms with Gasteiger partial charge in [-0.15, -0.1) is 0 Å². The van der Waals surface area contributed by atoms with Crippen molar-refractivity contribution in [1.82, 2.24) is 9.97 Å². The van der Waals surface area contributed by atoms with Crippen LogP contribution in [0.5, 0.6) is 0 Å². The fourth-order valence-electron chi connectivity index (χ4n) is 2.97. The average Bonchev–Trinajstić information content (AvgIpc) is 2.69. The summed E-state index contributed by atoms with van der Waals surface area (Å²) in [6.07, 6.45) is 7.69. The first-order chi connectivity index (χ1) is 13.3. The van der Waals surface area contributed by atoms with Gasteiger partial charge in [-0.1, -0.05) is 50.3 Å². The monoisotopic (exact) mass is 396 g/mol. The second-order valence-corrected chi connectivity index (χ2v) is 8.90. The lowest BCUT2D eigenvalue weighted by molar-refractivity contribution is -0.0292. The molecule has 0 fully saturated rings. The van der Waals surface area contributed by atoms with Gasteiger partial charge in [0.2, 0.25) is 0 Å². The van der Waals surface area contributed by atoms with E-state index in [1.165, 1.54) is 23.0 Å². The fourth-order valence-corrected chi connectivity index (χ4v) is 3.73. The van der Waals surface area contributed by atoms with Crippen molar-refractivity contribution in [3.63, 3.8) is 0 Å². The lowest BCUT2D eigenvalue weighted by atomic mass is 9.78. The van der Waals surface area contributed by atoms with Crippen molar-refractivity contribution < 1.29 is 9.29 Å². The second kappa shape index (κ2) is 8.19. The molecule has 5 heteroatoms. The Kier molecular flexibility index (Phi) is 6.08. The van der Waals surface area contributed by atoms with Crippen LogP contribution >= 0.6 is 12.0 Å². The van der Waals surface area contributed by atoms with E-state index < -0.39 is 5.60 Å². The van der Waals surface area contributed by atoms with E-state index in [4.69, 9.17) is 4.18 Å². The van der Waals surface area contributed by atoms with Crippen LogP contribution in [-0.4, -0.2) is 33.0 Å². The molecular formula is C23H28N2O2S. The molecule has 0 saturated heterocycles. The Bertz CT molecular complexity index is 1010. The van der Waals surface area contributed by atoms with Gasteiger partial charge in [-0.3, -0.25) is 9.97 Å². The molecule has 148 valence electrons. The van der Waals surface area contributed by atoms with Gasteiger partial charge in [0, 0.05) is 34.5 Å². The van der Waals surface area contributed by atoms with Gasteiger partial charge in [-0.25, -0.2) is 0 Å². The molecule has 0 aliphatic carbocycles. The quantitative estimate of drug-likeness (QED) is 0.322. The van der Waals surface area contributed by atoms with E-state index in [1.54, 1.807) is 12.4 Å². The van der Waals surface area contributed by atoms with Gasteiger partial charge < -0.3 is 9.29 Å². The van der Waals surface area contributed by atoms with Crippen LogP contribution in [-0.2, 0) is 4.18 Å². The third kappa shape index (κ3) is 3.93. The van der Waals surface area contributed by atoms with Gasteiger partial charge >= 0.3 is 0 Å². The summed E-state index contributed by atoms with van der Waals surface area (Å²) in [6, 6.07) is 8.32. The molecule has 1 heterocycles. The number of aliphatic hydroxyl groups is 1. The lowest BCUT2D eigenvalue weighted by Gasteiger charge is -2.38. The highest BCUT2D eigenvalue weighted by Crippen LogP contribution is 2.36. The van der Waals surface area contributed by atoms with Crippen molar-refractivity contribution in [2.45, 2.75) is 40.2 Å². The van der Waals surface area contributed by atoms with Gasteiger partial charge in [-0.2, -0.15) is 0 Å². The van der Waals surface area contributed by atoms with E-state index in [2.05, 4.69) is 47.2 Å². The maximum absolute atomic E-state index is 9.58. The molecule has 1 aromatic heterocycles. The summed E-state index contributed by atoms with van der Waals surface area (Å²) in [6.45, 7) is 10.2. The van der Waals surface area contributed by atoms with E-state index in [1.807, 2.05) is 33.8 Å². The summed E-state index contributed by atoms with van der Waals surface area (Å²) in [5, 5.41) is 11.9. The van der Waals surface area contributed by atoms with Crippen LogP contribution in [0.2, 0.25) is 0 Å². The van der Waals surface area contributed by atoms with Gasteiger partial charge in [0.1, 0.15) is 0 Å². The molecular weight excluding hydrogens is 368 g/mol. The van der Waals surface area contributed by atoms with E-state index >= 15 is 0 Å². The Morgan fingerprint density at radius 3 is 2.36 bits per heavy atom. The molecule has 0 unspecified atom stereocenters. The highest BCUT2D eigenvalue weighted by Gasteiger charge is 2.38. The summed E-state index contributed by atoms with van der Waals surface area (Å²) < 4.78 is 5.99. The molecule has 4 nitrogen and oxygen atoms in total. The average molecular weight is 397 g/mol. The van der Waals surface area contributed by atoms with Crippen molar-refractivity contribution in [2.75, 3.05) is 12.4 Å². The minimum Gasteiger partial charge on any atom is -0.396 e. The molecule has 3 rings (SSSR count). The smallest absolute Gasteiger partial charge is 0.0971 e. The van der Waals surface area contributed by atoms with Crippen molar-refractivity contribution in [3.05, 3.63) is 53.9 Å². The standard InChI is InChI=1S/C23H28N2O2S/c1-16-17-9-6-7-10-19(17)21-20(24-12-13-25-21)18(16)11-8-14-28-27-23(4,5)22(2,3)15-26/h6-13,26H,14-15H2,1-5H3/b11-8-. The topological polar surface area (TPSA) is 55.2 Å². The molecule has 0 aliphatic heterocycles. The minimum atomic E-state index is -0.433. The van der Waals surface area contributed by atoms with Crippen LogP contribution in [0.15, 0.2) is 42.7 Å². The second-order valence-electron chi connectivity index (χ2n) is 8.16. The maximum Gasteiger partial charge on any atom is 0.0971 e. The van der Waals surface area contributed by atoms with Crippen molar-refractivity contribution in [3.8, 4) is 0 Å². The summed E-state index contributed by atoms with van der Waals surface area (Å²) in [4.78, 5) is 9.17. The number of fused-ring (bicyclic) bond motifs is 3. The first kappa shape index (κ1) is 20.8. The molecule has 1 N–H and O–H groups in total. The molecule has 0 amide bonds. The maximum atomic E-state index is 9.58. The molecule has 0 saturated carbocycles. The van der Waals surface area contributed by atoms with Gasteiger partial charge in [0.25, 0.3) is 0 Å². The normalized spacial score (nSPS) is 13.1. The van der Waals surface area contributed by atoms with Crippen LogP contribution in [0.4, 0.5) is 0 Å². The predicted octanol–water partition coefficient (Wildman–Crippen LogP) is 5.57. The lowest BCUT2D eigenvalue weighted by Crippen LogP contribution is -2.42. The van der Waals surface area contributed by atoms with E-state index in [0.29, 0.717) is 5.75 Å². The largest absolute Gasteiger partial charge is 0.396 e. The Hall–Kier alpha value is -1.95. The van der Waals surface area contributed by atoms with Gasteiger partial charge in [0.15, 0.2) is 0 Å². The summed E-state index contributed by atoms with van der Waals surface area (Å²) in [5.74, 6) is 0.707. The Balaban J connectivity index is 1.83. The Labute approximate surface area is 171 Å². The molecule has 0 atom stereocenters. The number of aryl methyl sites for hydroxylation is 1. The highest BCUT2D eigenvalue weighted by atomic mass is 32.2. The third-order valence-electron chi connectivity index (χ3n) is 5.68. The van der Waals surface area contributed by atoms with Crippen LogP contribution in [0.1, 0.15) is 38.8 Å². The number of aliphatic hydroxyl groups excluding tert-OH is 1. The molecule has 2 aromatic carbocycles. The highest BCUT2D eigenvalue weighted by molar-refractivity contribution is 7.94. The molecule has 28 heavy (non-hydrogen) atoms. The number of benzene rings is 2. The third-order valence-corrected chi connectivity index (χ3v) is 6.55. The first-order valence-corrected chi connectivity index (χ1v) is 10.4. The van der Waals surface area contributed by atoms with Crippen molar-refractivity contribution in [1.29, 1.82) is 0 Å². The van der Waals surface area contributed by atoms with E-state index in [0.717, 1.165) is 22.0 Å². The van der Waals surface area contributed by atoms with Crippen molar-refractivity contribution >= 4 is 39.9 Å². The molecule has 0 bridgehead atoms. The zero-order chi connectivity index (χ0) is 20.4. The van der Waals surface area contributed by atoms with Crippen LogP contribution < -0.4 is 0 Å². The summed E-state index contributed by atoms with van der Waals surface area (Å²) >= 11 is 1.40. The molecule has 0 radical (unpaired) electrons. The summed E-state index contributed by atoms with van der Waals surface area (Å²) in [5.41, 5.74) is 3.40. The number of hydrogen-bond donors (Lipinski definition) is 1. The van der Waals surface area contributed by atoms with Crippen LogP contribution in [0.25, 0.3) is 27.9 Å². The predicted molar refractivity (Wildman–Crippen MR) is 119 cm³/mol. The Morgan fingerprint density at radius 1 is 1.04 bits per heavy atom. The van der Waals surface area contributed by atoms with Crippen molar-refractivity contribution in [2.24, 2.45) is 5.41 Å². The molecule has 3 aromatic rings. The zero-order valence-corrected chi connectivity index (χ0v) is 18.0. The number of hydrogen-bond acceptors (Lipinski definition) is 5. The summed E-state index contributed by atoms with van der Waals surface area (Å²) in [7, 11) is 0. The molecule has 0 aliphatic rings. The van der Waals surface area contributed by atoms with Gasteiger partial charge in [0.05, 0.1) is 23.2 Å². The molecule has 0 spiro atoms. The zero-order valence-electron chi connectivity index (χ0n) is 17.2. The van der Waals surface area contributed by atoms with E-state index in [-0.39, 0.29) is 12.0 Å². The fraction of sp³-hybridized carbons (Fsp3) is 0.391. The van der Waals surface area contributed by atoms with Crippen LogP contribution in [0, 0.1) is 12.3 Å². The first-order valence-electron chi connectivity index (χ1n) is 9.48. The minimum absolute atomic E-state index is 0.0807. The number of nitrogens with zero attached hydrogens (tertiary/aromatic N) is 2.